The van der Waals surface area contributed by atoms with Gasteiger partial charge in [0.1, 0.15) is 0 Å². The number of sulfonamides is 1. The average Bonchev–Trinajstić information content (AvgIpc) is 3.12. The third-order valence-electron chi connectivity index (χ3n) is 4.54. The molecule has 1 aromatic rings. The Kier molecular flexibility index (Phi) is 9.86. The van der Waals surface area contributed by atoms with Crippen LogP contribution in [-0.4, -0.2) is 67.3 Å². The van der Waals surface area contributed by atoms with Crippen molar-refractivity contribution in [1.29, 1.82) is 0 Å². The second kappa shape index (κ2) is 11.1. The molecule has 0 saturated carbocycles. The van der Waals surface area contributed by atoms with Crippen molar-refractivity contribution >= 4 is 40.0 Å². The Balaban J connectivity index is 0.00000338. The zero-order valence-electron chi connectivity index (χ0n) is 15.8. The van der Waals surface area contributed by atoms with Gasteiger partial charge < -0.3 is 14.8 Å². The van der Waals surface area contributed by atoms with Gasteiger partial charge in [0.15, 0.2) is 5.96 Å². The largest absolute Gasteiger partial charge is 0.357 e. The van der Waals surface area contributed by atoms with E-state index in [1.165, 1.54) is 0 Å². The van der Waals surface area contributed by atoms with E-state index in [-0.39, 0.29) is 29.7 Å². The summed E-state index contributed by atoms with van der Waals surface area (Å²) < 4.78 is 27.7. The number of hydrogen-bond donors (Lipinski definition) is 2. The molecule has 0 spiro atoms. The molecule has 0 aliphatic carbocycles. The Bertz CT molecular complexity index is 650. The van der Waals surface area contributed by atoms with E-state index < -0.39 is 10.0 Å². The highest BCUT2D eigenvalue weighted by Gasteiger charge is 2.28. The molecule has 10 heteroatoms. The molecule has 2 heterocycles. The van der Waals surface area contributed by atoms with Crippen LogP contribution in [0.25, 0.3) is 0 Å². The Hall–Kier alpha value is -0.880. The molecule has 2 rings (SSSR count). The van der Waals surface area contributed by atoms with Crippen molar-refractivity contribution in [3.8, 4) is 0 Å². The van der Waals surface area contributed by atoms with Crippen molar-refractivity contribution in [2.45, 2.75) is 33.2 Å². The molecule has 8 nitrogen and oxygen atoms in total. The van der Waals surface area contributed by atoms with Crippen molar-refractivity contribution < 1.29 is 8.42 Å². The standard InChI is InChI=1S/C16H30N6O2S.HI/c1-4-18-16(19-7-8-20-25(23,24)5-2)21-10-6-14(3)15(12-21)22-11-9-17-13-22;/h9,11,13-15,20H,4-8,10,12H2,1-3H3,(H,18,19);1H. The van der Waals surface area contributed by atoms with Crippen molar-refractivity contribution in [1.82, 2.24) is 24.5 Å². The highest BCUT2D eigenvalue weighted by atomic mass is 127. The maximum Gasteiger partial charge on any atom is 0.211 e. The SMILES string of the molecule is CCNC(=NCCNS(=O)(=O)CC)N1CCC(C)C(n2ccnc2)C1.I. The number of aliphatic imine (C=N–C) groups is 1. The van der Waals surface area contributed by atoms with E-state index in [1.54, 1.807) is 6.92 Å². The van der Waals surface area contributed by atoms with Gasteiger partial charge in [-0.3, -0.25) is 4.99 Å². The van der Waals surface area contributed by atoms with Crippen LogP contribution in [0.1, 0.15) is 33.2 Å². The van der Waals surface area contributed by atoms with Crippen LogP contribution < -0.4 is 10.0 Å². The molecule has 1 aliphatic rings. The molecule has 150 valence electrons. The van der Waals surface area contributed by atoms with E-state index in [2.05, 4.69) is 36.4 Å². The smallest absolute Gasteiger partial charge is 0.211 e. The minimum absolute atomic E-state index is 0. The fourth-order valence-electron chi connectivity index (χ4n) is 2.99. The highest BCUT2D eigenvalue weighted by molar-refractivity contribution is 14.0. The number of likely N-dealkylation sites (tertiary alicyclic amines) is 1. The third-order valence-corrected chi connectivity index (χ3v) is 5.94. The zero-order valence-corrected chi connectivity index (χ0v) is 18.9. The molecule has 26 heavy (non-hydrogen) atoms. The number of guanidine groups is 1. The van der Waals surface area contributed by atoms with E-state index in [9.17, 15) is 8.42 Å². The molecule has 2 atom stereocenters. The van der Waals surface area contributed by atoms with E-state index in [0.29, 0.717) is 25.0 Å². The number of imidazole rings is 1. The number of halogens is 1. The normalized spacial score (nSPS) is 21.3. The lowest BCUT2D eigenvalue weighted by molar-refractivity contribution is 0.189. The fraction of sp³-hybridized carbons (Fsp3) is 0.750. The van der Waals surface area contributed by atoms with Crippen LogP contribution in [0.2, 0.25) is 0 Å². The van der Waals surface area contributed by atoms with Crippen molar-refractivity contribution in [2.24, 2.45) is 10.9 Å². The predicted octanol–water partition coefficient (Wildman–Crippen LogP) is 1.29. The molecule has 1 fully saturated rings. The Morgan fingerprint density at radius 1 is 1.38 bits per heavy atom. The minimum Gasteiger partial charge on any atom is -0.357 e. The molecule has 1 aliphatic heterocycles. The van der Waals surface area contributed by atoms with Gasteiger partial charge in [0.25, 0.3) is 0 Å². The molecule has 0 amide bonds. The van der Waals surface area contributed by atoms with Gasteiger partial charge in [-0.2, -0.15) is 0 Å². The number of nitrogens with zero attached hydrogens (tertiary/aromatic N) is 4. The van der Waals surface area contributed by atoms with Crippen molar-refractivity contribution in [3.63, 3.8) is 0 Å². The van der Waals surface area contributed by atoms with Gasteiger partial charge in [-0.1, -0.05) is 6.92 Å². The van der Waals surface area contributed by atoms with Crippen LogP contribution in [0.4, 0.5) is 0 Å². The topological polar surface area (TPSA) is 91.6 Å². The first-order valence-corrected chi connectivity index (χ1v) is 10.6. The summed E-state index contributed by atoms with van der Waals surface area (Å²) in [6.45, 7) is 9.26. The predicted molar refractivity (Wildman–Crippen MR) is 115 cm³/mol. The molecular weight excluding hydrogens is 467 g/mol. The lowest BCUT2D eigenvalue weighted by Crippen LogP contribution is -2.49. The maximum absolute atomic E-state index is 11.5. The monoisotopic (exact) mass is 498 g/mol. The lowest BCUT2D eigenvalue weighted by Gasteiger charge is -2.39. The van der Waals surface area contributed by atoms with Gasteiger partial charge in [-0.15, -0.1) is 24.0 Å². The maximum atomic E-state index is 11.5. The highest BCUT2D eigenvalue weighted by Crippen LogP contribution is 2.27. The van der Waals surface area contributed by atoms with Crippen molar-refractivity contribution in [3.05, 3.63) is 18.7 Å². The summed E-state index contributed by atoms with van der Waals surface area (Å²) in [6, 6.07) is 0.360. The quantitative estimate of drug-likeness (QED) is 0.256. The average molecular weight is 498 g/mol. The van der Waals surface area contributed by atoms with E-state index >= 15 is 0 Å². The van der Waals surface area contributed by atoms with Crippen LogP contribution in [-0.2, 0) is 10.0 Å². The fourth-order valence-corrected chi connectivity index (χ4v) is 3.59. The summed E-state index contributed by atoms with van der Waals surface area (Å²) in [4.78, 5) is 11.0. The number of nitrogens with one attached hydrogen (secondary N) is 2. The summed E-state index contributed by atoms with van der Waals surface area (Å²) >= 11 is 0. The molecule has 1 saturated heterocycles. The van der Waals surface area contributed by atoms with Gasteiger partial charge in [-0.05, 0) is 26.2 Å². The summed E-state index contributed by atoms with van der Waals surface area (Å²) in [5, 5.41) is 3.32. The first-order valence-electron chi connectivity index (χ1n) is 8.94. The molecule has 1 aromatic heterocycles. The summed E-state index contributed by atoms with van der Waals surface area (Å²) in [5.41, 5.74) is 0. The zero-order chi connectivity index (χ0) is 18.3. The summed E-state index contributed by atoms with van der Waals surface area (Å²) in [7, 11) is -3.16. The number of rotatable bonds is 7. The van der Waals surface area contributed by atoms with Crippen LogP contribution >= 0.6 is 24.0 Å². The van der Waals surface area contributed by atoms with Gasteiger partial charge >= 0.3 is 0 Å². The Morgan fingerprint density at radius 3 is 2.77 bits per heavy atom. The number of aromatic nitrogens is 2. The summed E-state index contributed by atoms with van der Waals surface area (Å²) in [6.07, 6.45) is 6.77. The Morgan fingerprint density at radius 2 is 2.15 bits per heavy atom. The second-order valence-corrected chi connectivity index (χ2v) is 8.42. The minimum atomic E-state index is -3.16. The van der Waals surface area contributed by atoms with E-state index in [0.717, 1.165) is 32.0 Å². The van der Waals surface area contributed by atoms with Gasteiger partial charge in [0.2, 0.25) is 10.0 Å². The van der Waals surface area contributed by atoms with E-state index in [4.69, 9.17) is 0 Å². The molecule has 2 N–H and O–H groups in total. The van der Waals surface area contributed by atoms with Crippen LogP contribution in [0.5, 0.6) is 0 Å². The van der Waals surface area contributed by atoms with Crippen LogP contribution in [0, 0.1) is 5.92 Å². The number of hydrogen-bond acceptors (Lipinski definition) is 4. The summed E-state index contributed by atoms with van der Waals surface area (Å²) in [5.74, 6) is 1.51. The van der Waals surface area contributed by atoms with Gasteiger partial charge in [0.05, 0.1) is 24.7 Å². The third kappa shape index (κ3) is 6.69. The van der Waals surface area contributed by atoms with E-state index in [1.807, 2.05) is 25.6 Å². The van der Waals surface area contributed by atoms with Crippen molar-refractivity contribution in [2.75, 3.05) is 38.5 Å². The first-order chi connectivity index (χ1) is 12.0. The molecular formula is C16H31IN6O2S. The number of piperidine rings is 1. The van der Waals surface area contributed by atoms with Crippen LogP contribution in [0.15, 0.2) is 23.7 Å². The van der Waals surface area contributed by atoms with Gasteiger partial charge in [0, 0.05) is 38.6 Å². The molecule has 0 bridgehead atoms. The second-order valence-electron chi connectivity index (χ2n) is 6.32. The Labute approximate surface area is 173 Å². The lowest BCUT2D eigenvalue weighted by atomic mass is 9.93. The molecule has 0 radical (unpaired) electrons. The first kappa shape index (κ1) is 23.2. The van der Waals surface area contributed by atoms with Crippen LogP contribution in [0.3, 0.4) is 0 Å². The van der Waals surface area contributed by atoms with Gasteiger partial charge in [-0.25, -0.2) is 18.1 Å². The molecule has 0 aromatic carbocycles. The molecule has 2 unspecified atom stereocenters.